The summed E-state index contributed by atoms with van der Waals surface area (Å²) >= 11 is 6.33. The summed E-state index contributed by atoms with van der Waals surface area (Å²) in [6, 6.07) is 3.82. The second kappa shape index (κ2) is 5.77. The van der Waals surface area contributed by atoms with E-state index in [1.807, 2.05) is 0 Å². The van der Waals surface area contributed by atoms with E-state index in [4.69, 9.17) is 4.42 Å². The molecular weight excluding hydrogens is 410 g/mol. The highest BCUT2D eigenvalue weighted by molar-refractivity contribution is 9.13. The fourth-order valence-electron chi connectivity index (χ4n) is 1.50. The molecule has 0 spiro atoms. The summed E-state index contributed by atoms with van der Waals surface area (Å²) in [5.41, 5.74) is -1.15. The number of nitrogens with one attached hydrogen (secondary N) is 1. The predicted molar refractivity (Wildman–Crippen MR) is 72.8 cm³/mol. The van der Waals surface area contributed by atoms with Crippen LogP contribution in [-0.2, 0) is 12.7 Å². The van der Waals surface area contributed by atoms with Crippen LogP contribution in [0.5, 0.6) is 0 Å². The van der Waals surface area contributed by atoms with Gasteiger partial charge in [0.05, 0.1) is 22.3 Å². The molecule has 0 saturated carbocycles. The van der Waals surface area contributed by atoms with Crippen LogP contribution in [-0.4, -0.2) is 0 Å². The lowest BCUT2D eigenvalue weighted by Gasteiger charge is -2.10. The van der Waals surface area contributed by atoms with Gasteiger partial charge in [0, 0.05) is 0 Å². The standard InChI is InChI=1S/C12H7Br2F4NO/c13-8-4-7(20-11(8)14)5-19-10-3-6(12(16,17)18)1-2-9(10)15/h1-4,19H,5H2. The molecule has 8 heteroatoms. The lowest BCUT2D eigenvalue weighted by Crippen LogP contribution is -2.07. The van der Waals surface area contributed by atoms with Crippen molar-refractivity contribution < 1.29 is 22.0 Å². The van der Waals surface area contributed by atoms with Gasteiger partial charge in [-0.1, -0.05) is 0 Å². The third-order valence-electron chi connectivity index (χ3n) is 2.44. The number of furan rings is 1. The normalized spacial score (nSPS) is 11.7. The molecule has 0 radical (unpaired) electrons. The van der Waals surface area contributed by atoms with Gasteiger partial charge in [0.15, 0.2) is 4.67 Å². The number of alkyl halides is 3. The molecule has 1 N–H and O–H groups in total. The number of benzene rings is 1. The number of rotatable bonds is 3. The summed E-state index contributed by atoms with van der Waals surface area (Å²) in [4.78, 5) is 0. The van der Waals surface area contributed by atoms with E-state index in [-0.39, 0.29) is 12.2 Å². The Bertz CT molecular complexity index is 605. The van der Waals surface area contributed by atoms with E-state index in [1.54, 1.807) is 6.07 Å². The van der Waals surface area contributed by atoms with Crippen molar-refractivity contribution >= 4 is 37.5 Å². The van der Waals surface area contributed by atoms with Crippen LogP contribution in [0.15, 0.2) is 37.8 Å². The van der Waals surface area contributed by atoms with E-state index in [1.165, 1.54) is 0 Å². The minimum Gasteiger partial charge on any atom is -0.451 e. The Morgan fingerprint density at radius 2 is 1.85 bits per heavy atom. The zero-order chi connectivity index (χ0) is 14.9. The SMILES string of the molecule is Fc1ccc(C(F)(F)F)cc1NCc1cc(Br)c(Br)o1. The van der Waals surface area contributed by atoms with Crippen molar-refractivity contribution in [2.45, 2.75) is 12.7 Å². The van der Waals surface area contributed by atoms with Crippen LogP contribution in [0.3, 0.4) is 0 Å². The number of hydrogen-bond donors (Lipinski definition) is 1. The number of hydrogen-bond acceptors (Lipinski definition) is 2. The Labute approximate surface area is 128 Å². The molecule has 0 fully saturated rings. The molecule has 2 nitrogen and oxygen atoms in total. The van der Waals surface area contributed by atoms with Crippen LogP contribution in [0.1, 0.15) is 11.3 Å². The summed E-state index contributed by atoms with van der Waals surface area (Å²) < 4.78 is 57.4. The monoisotopic (exact) mass is 415 g/mol. The summed E-state index contributed by atoms with van der Waals surface area (Å²) in [6.07, 6.45) is -4.51. The molecule has 0 aliphatic heterocycles. The number of anilines is 1. The van der Waals surface area contributed by atoms with E-state index in [0.29, 0.717) is 21.0 Å². The van der Waals surface area contributed by atoms with Gasteiger partial charge in [-0.15, -0.1) is 0 Å². The zero-order valence-electron chi connectivity index (χ0n) is 9.69. The maximum Gasteiger partial charge on any atom is 0.416 e. The molecule has 0 amide bonds. The molecule has 20 heavy (non-hydrogen) atoms. The van der Waals surface area contributed by atoms with Gasteiger partial charge in [-0.25, -0.2) is 4.39 Å². The Kier molecular flexibility index (Phi) is 4.43. The average Bonchev–Trinajstić information content (AvgIpc) is 2.66. The minimum atomic E-state index is -4.51. The fourth-order valence-corrected chi connectivity index (χ4v) is 2.16. The van der Waals surface area contributed by atoms with Crippen LogP contribution < -0.4 is 5.32 Å². The van der Waals surface area contributed by atoms with Crippen LogP contribution in [0.2, 0.25) is 0 Å². The highest BCUT2D eigenvalue weighted by atomic mass is 79.9. The van der Waals surface area contributed by atoms with Crippen LogP contribution in [0, 0.1) is 5.82 Å². The second-order valence-electron chi connectivity index (χ2n) is 3.88. The van der Waals surface area contributed by atoms with Crippen molar-refractivity contribution in [3.63, 3.8) is 0 Å². The summed E-state index contributed by atoms with van der Waals surface area (Å²) in [5, 5.41) is 2.57. The van der Waals surface area contributed by atoms with Crippen LogP contribution >= 0.6 is 31.9 Å². The lowest BCUT2D eigenvalue weighted by molar-refractivity contribution is -0.137. The topological polar surface area (TPSA) is 25.2 Å². The van der Waals surface area contributed by atoms with Gasteiger partial charge in [-0.2, -0.15) is 13.2 Å². The predicted octanol–water partition coefficient (Wildman–Crippen LogP) is 5.57. The van der Waals surface area contributed by atoms with Crippen molar-refractivity contribution in [3.05, 3.63) is 50.5 Å². The Morgan fingerprint density at radius 3 is 2.40 bits per heavy atom. The van der Waals surface area contributed by atoms with Gasteiger partial charge < -0.3 is 9.73 Å². The second-order valence-corrected chi connectivity index (χ2v) is 5.45. The molecular formula is C12H7Br2F4NO. The third-order valence-corrected chi connectivity index (χ3v) is 4.15. The molecule has 2 aromatic rings. The first-order chi connectivity index (χ1) is 9.27. The van der Waals surface area contributed by atoms with Crippen molar-refractivity contribution in [3.8, 4) is 0 Å². The largest absolute Gasteiger partial charge is 0.451 e. The van der Waals surface area contributed by atoms with Gasteiger partial charge in [0.2, 0.25) is 0 Å². The molecule has 0 atom stereocenters. The first-order valence-electron chi connectivity index (χ1n) is 5.31. The molecule has 0 saturated heterocycles. The maximum atomic E-state index is 13.5. The average molecular weight is 417 g/mol. The summed E-state index contributed by atoms with van der Waals surface area (Å²) in [7, 11) is 0. The van der Waals surface area contributed by atoms with Crippen LogP contribution in [0.4, 0.5) is 23.2 Å². The highest BCUT2D eigenvalue weighted by Gasteiger charge is 2.31. The van der Waals surface area contributed by atoms with Crippen molar-refractivity contribution in [2.24, 2.45) is 0 Å². The number of halogens is 6. The Hall–Kier alpha value is -1.02. The van der Waals surface area contributed by atoms with Gasteiger partial charge in [-0.3, -0.25) is 0 Å². The molecule has 0 aliphatic rings. The van der Waals surface area contributed by atoms with Crippen molar-refractivity contribution in [1.82, 2.24) is 0 Å². The molecule has 1 aromatic carbocycles. The molecule has 0 unspecified atom stereocenters. The van der Waals surface area contributed by atoms with Crippen LogP contribution in [0.25, 0.3) is 0 Å². The molecule has 1 aromatic heterocycles. The smallest absolute Gasteiger partial charge is 0.416 e. The zero-order valence-corrected chi connectivity index (χ0v) is 12.9. The van der Waals surface area contributed by atoms with Gasteiger partial charge in [-0.05, 0) is 56.1 Å². The molecule has 1 heterocycles. The Balaban J connectivity index is 2.16. The first-order valence-corrected chi connectivity index (χ1v) is 6.90. The van der Waals surface area contributed by atoms with E-state index < -0.39 is 17.6 Å². The maximum absolute atomic E-state index is 13.5. The minimum absolute atomic E-state index is 0.0580. The lowest BCUT2D eigenvalue weighted by atomic mass is 10.2. The summed E-state index contributed by atoms with van der Waals surface area (Å²) in [6.45, 7) is 0.0580. The van der Waals surface area contributed by atoms with Gasteiger partial charge >= 0.3 is 6.18 Å². The molecule has 0 bridgehead atoms. The van der Waals surface area contributed by atoms with Gasteiger partial charge in [0.25, 0.3) is 0 Å². The molecule has 108 valence electrons. The van der Waals surface area contributed by atoms with Gasteiger partial charge in [0.1, 0.15) is 11.6 Å². The molecule has 0 aliphatic carbocycles. The van der Waals surface area contributed by atoms with E-state index >= 15 is 0 Å². The molecule has 2 rings (SSSR count). The van der Waals surface area contributed by atoms with Crippen molar-refractivity contribution in [1.29, 1.82) is 0 Å². The first kappa shape index (κ1) is 15.4. The fraction of sp³-hybridized carbons (Fsp3) is 0.167. The van der Waals surface area contributed by atoms with E-state index in [0.717, 1.165) is 12.1 Å². The highest BCUT2D eigenvalue weighted by Crippen LogP contribution is 2.32. The van der Waals surface area contributed by atoms with Crippen molar-refractivity contribution in [2.75, 3.05) is 5.32 Å². The van der Waals surface area contributed by atoms with E-state index in [9.17, 15) is 17.6 Å². The van der Waals surface area contributed by atoms with E-state index in [2.05, 4.69) is 37.2 Å². The third kappa shape index (κ3) is 3.54. The summed E-state index contributed by atoms with van der Waals surface area (Å²) in [5.74, 6) is -0.316. The quantitative estimate of drug-likeness (QED) is 0.661. The Morgan fingerprint density at radius 1 is 1.15 bits per heavy atom.